The Morgan fingerprint density at radius 1 is 0.706 bits per heavy atom. The highest BCUT2D eigenvalue weighted by atomic mass is 32.1. The molecule has 0 radical (unpaired) electrons. The monoisotopic (exact) mass is 484 g/mol. The van der Waals surface area contributed by atoms with Gasteiger partial charge in [0.25, 0.3) is 0 Å². The van der Waals surface area contributed by atoms with Gasteiger partial charge in [-0.15, -0.1) is 11.3 Å². The fourth-order valence-electron chi connectivity index (χ4n) is 3.88. The number of amides is 2. The largest absolute Gasteiger partial charge is 0.366 e. The van der Waals surface area contributed by atoms with Crippen molar-refractivity contribution in [1.82, 2.24) is 9.97 Å². The number of nitrogens with two attached hydrogens (primary N) is 2. The van der Waals surface area contributed by atoms with Gasteiger partial charge in [0.2, 0.25) is 11.8 Å². The zero-order valence-electron chi connectivity index (χ0n) is 17.9. The van der Waals surface area contributed by atoms with E-state index in [1.165, 1.54) is 0 Å². The van der Waals surface area contributed by atoms with E-state index in [2.05, 4.69) is 15.3 Å². The molecular weight excluding hydrogens is 464 g/mol. The van der Waals surface area contributed by atoms with Gasteiger partial charge in [-0.25, -0.2) is 0 Å². The molecule has 2 amide bonds. The second kappa shape index (κ2) is 9.01. The summed E-state index contributed by atoms with van der Waals surface area (Å²) < 4.78 is 0. The Morgan fingerprint density at radius 2 is 1.32 bits per heavy atom. The zero-order chi connectivity index (χ0) is 23.7. The van der Waals surface area contributed by atoms with E-state index in [4.69, 9.17) is 11.5 Å². The molecule has 4 heterocycles. The molecule has 6 rings (SSSR count). The molecule has 34 heavy (non-hydrogen) atoms. The number of hydrogen-bond donors (Lipinski definition) is 4. The number of benzene rings is 2. The minimum absolute atomic E-state index is 0.396. The second-order valence-electron chi connectivity index (χ2n) is 7.62. The van der Waals surface area contributed by atoms with Gasteiger partial charge < -0.3 is 21.4 Å². The molecule has 0 fully saturated rings. The Balaban J connectivity index is 0.000000142. The van der Waals surface area contributed by atoms with Crippen LogP contribution in [0.4, 0.5) is 0 Å². The molecule has 6 N–H and O–H groups in total. The summed E-state index contributed by atoms with van der Waals surface area (Å²) in [6.07, 6.45) is 0. The van der Waals surface area contributed by atoms with E-state index in [9.17, 15) is 9.59 Å². The number of aromatic nitrogens is 2. The molecular formula is C26H20N4O2S2. The van der Waals surface area contributed by atoms with Gasteiger partial charge in [0.15, 0.2) is 0 Å². The van der Waals surface area contributed by atoms with Crippen molar-refractivity contribution in [2.24, 2.45) is 11.5 Å². The number of H-pyrrole nitrogens is 2. The molecule has 6 nitrogen and oxygen atoms in total. The topological polar surface area (TPSA) is 118 Å². The van der Waals surface area contributed by atoms with Crippen molar-refractivity contribution >= 4 is 56.3 Å². The fourth-order valence-corrected chi connectivity index (χ4v) is 5.23. The van der Waals surface area contributed by atoms with Crippen LogP contribution in [0.15, 0.2) is 82.9 Å². The van der Waals surface area contributed by atoms with Crippen molar-refractivity contribution in [3.63, 3.8) is 0 Å². The molecule has 0 aliphatic rings. The quantitative estimate of drug-likeness (QED) is 0.246. The summed E-state index contributed by atoms with van der Waals surface area (Å²) in [7, 11) is 0. The number of fused-ring (bicyclic) bond motifs is 2. The summed E-state index contributed by atoms with van der Waals surface area (Å²) in [5, 5.41) is 7.87. The minimum atomic E-state index is -0.397. The number of hydrogen-bond acceptors (Lipinski definition) is 4. The van der Waals surface area contributed by atoms with E-state index in [-0.39, 0.29) is 0 Å². The van der Waals surface area contributed by atoms with Gasteiger partial charge in [0, 0.05) is 49.6 Å². The molecule has 6 aromatic rings. The van der Waals surface area contributed by atoms with Crippen molar-refractivity contribution in [1.29, 1.82) is 0 Å². The third kappa shape index (κ3) is 4.12. The molecule has 0 saturated carbocycles. The molecule has 0 aliphatic carbocycles. The molecule has 8 heteroatoms. The molecule has 0 atom stereocenters. The average molecular weight is 485 g/mol. The van der Waals surface area contributed by atoms with Crippen LogP contribution in [-0.4, -0.2) is 21.8 Å². The maximum atomic E-state index is 11.3. The number of nitrogens with one attached hydrogen (secondary N) is 2. The Hall–Kier alpha value is -4.14. The van der Waals surface area contributed by atoms with Gasteiger partial charge in [0.1, 0.15) is 0 Å². The molecule has 0 bridgehead atoms. The Kier molecular flexibility index (Phi) is 5.75. The lowest BCUT2D eigenvalue weighted by Gasteiger charge is -1.95. The fraction of sp³-hybridized carbons (Fsp3) is 0. The van der Waals surface area contributed by atoms with E-state index in [1.54, 1.807) is 34.8 Å². The first kappa shape index (κ1) is 21.7. The molecule has 168 valence electrons. The maximum absolute atomic E-state index is 11.3. The van der Waals surface area contributed by atoms with Crippen LogP contribution in [0.1, 0.15) is 20.7 Å². The first-order chi connectivity index (χ1) is 16.5. The predicted molar refractivity (Wildman–Crippen MR) is 140 cm³/mol. The summed E-state index contributed by atoms with van der Waals surface area (Å²) in [5.41, 5.74) is 16.8. The van der Waals surface area contributed by atoms with Crippen molar-refractivity contribution in [2.45, 2.75) is 0 Å². The minimum Gasteiger partial charge on any atom is -0.366 e. The van der Waals surface area contributed by atoms with Crippen molar-refractivity contribution in [2.75, 3.05) is 0 Å². The second-order valence-corrected chi connectivity index (χ2v) is 9.35. The highest BCUT2D eigenvalue weighted by molar-refractivity contribution is 7.13. The lowest BCUT2D eigenvalue weighted by Crippen LogP contribution is -2.10. The van der Waals surface area contributed by atoms with Crippen LogP contribution >= 0.6 is 22.7 Å². The molecule has 0 spiro atoms. The summed E-state index contributed by atoms with van der Waals surface area (Å²) in [4.78, 5) is 30.4. The van der Waals surface area contributed by atoms with Gasteiger partial charge in [0.05, 0.1) is 10.6 Å². The van der Waals surface area contributed by atoms with E-state index in [0.29, 0.717) is 11.1 Å². The number of primary amides is 2. The highest BCUT2D eigenvalue weighted by Crippen LogP contribution is 2.29. The van der Waals surface area contributed by atoms with E-state index >= 15 is 0 Å². The molecule has 0 unspecified atom stereocenters. The lowest BCUT2D eigenvalue weighted by atomic mass is 10.1. The maximum Gasteiger partial charge on any atom is 0.249 e. The van der Waals surface area contributed by atoms with Crippen LogP contribution in [0.5, 0.6) is 0 Å². The van der Waals surface area contributed by atoms with Crippen LogP contribution in [0.2, 0.25) is 0 Å². The van der Waals surface area contributed by atoms with Gasteiger partial charge in [-0.3, -0.25) is 9.59 Å². The van der Waals surface area contributed by atoms with Gasteiger partial charge in [-0.2, -0.15) is 11.3 Å². The van der Waals surface area contributed by atoms with Crippen molar-refractivity contribution in [3.8, 4) is 21.8 Å². The third-order valence-electron chi connectivity index (χ3n) is 5.48. The third-order valence-corrected chi connectivity index (χ3v) is 7.06. The smallest absolute Gasteiger partial charge is 0.249 e. The van der Waals surface area contributed by atoms with Crippen molar-refractivity contribution < 1.29 is 9.59 Å². The molecule has 0 aliphatic heterocycles. The summed E-state index contributed by atoms with van der Waals surface area (Å²) in [6, 6.07) is 21.1. The van der Waals surface area contributed by atoms with Crippen LogP contribution in [0.3, 0.4) is 0 Å². The van der Waals surface area contributed by atoms with E-state index in [0.717, 1.165) is 43.6 Å². The first-order valence-electron chi connectivity index (χ1n) is 10.4. The van der Waals surface area contributed by atoms with Crippen LogP contribution in [-0.2, 0) is 0 Å². The summed E-state index contributed by atoms with van der Waals surface area (Å²) in [6.45, 7) is 0. The standard InChI is InChI=1S/2C13H10N2OS/c14-13(16)8-3-1-4-10-9(8)7-11(15-10)12-5-2-6-17-12;14-13(16)9-2-1-3-11-10(9)6-12(15-11)8-4-5-17-7-8/h2*1-7,15H,(H2,14,16). The molecule has 2 aromatic carbocycles. The van der Waals surface area contributed by atoms with Crippen molar-refractivity contribution in [3.05, 3.63) is 94.0 Å². The normalized spacial score (nSPS) is 10.8. The Morgan fingerprint density at radius 3 is 1.85 bits per heavy atom. The Bertz CT molecular complexity index is 1490. The number of aromatic amines is 2. The molecule has 4 aromatic heterocycles. The predicted octanol–water partition coefficient (Wildman–Crippen LogP) is 5.99. The SMILES string of the molecule is NC(=O)c1cccc2[nH]c(-c3cccs3)cc12.NC(=O)c1cccc2[nH]c(-c3ccsc3)cc12. The van der Waals surface area contributed by atoms with Crippen LogP contribution in [0, 0.1) is 0 Å². The lowest BCUT2D eigenvalue weighted by molar-refractivity contribution is 0.0993. The highest BCUT2D eigenvalue weighted by Gasteiger charge is 2.11. The number of carbonyl (C=O) groups excluding carboxylic acids is 2. The van der Waals surface area contributed by atoms with Crippen LogP contribution < -0.4 is 11.5 Å². The van der Waals surface area contributed by atoms with E-state index < -0.39 is 11.8 Å². The average Bonchev–Trinajstić information content (AvgIpc) is 3.62. The first-order valence-corrected chi connectivity index (χ1v) is 12.2. The van der Waals surface area contributed by atoms with Gasteiger partial charge in [-0.1, -0.05) is 18.2 Å². The number of thiophene rings is 2. The van der Waals surface area contributed by atoms with Crippen LogP contribution in [0.25, 0.3) is 43.6 Å². The number of carbonyl (C=O) groups is 2. The zero-order valence-corrected chi connectivity index (χ0v) is 19.5. The van der Waals surface area contributed by atoms with E-state index in [1.807, 2.05) is 65.4 Å². The Labute approximate surface area is 202 Å². The number of rotatable bonds is 4. The summed E-state index contributed by atoms with van der Waals surface area (Å²) >= 11 is 3.30. The summed E-state index contributed by atoms with van der Waals surface area (Å²) in [5.74, 6) is -0.793. The van der Waals surface area contributed by atoms with Gasteiger partial charge >= 0.3 is 0 Å². The van der Waals surface area contributed by atoms with Gasteiger partial charge in [-0.05, 0) is 59.3 Å². The molecule has 0 saturated heterocycles.